The highest BCUT2D eigenvalue weighted by Crippen LogP contribution is 2.26. The van der Waals surface area contributed by atoms with Crippen LogP contribution in [0.1, 0.15) is 5.56 Å². The third-order valence-corrected chi connectivity index (χ3v) is 4.59. The molecule has 1 fully saturated rings. The molecule has 8 heteroatoms. The van der Waals surface area contributed by atoms with Gasteiger partial charge in [0.15, 0.2) is 0 Å². The van der Waals surface area contributed by atoms with Gasteiger partial charge in [-0.3, -0.25) is 14.9 Å². The lowest BCUT2D eigenvalue weighted by atomic mass is 10.1. The smallest absolute Gasteiger partial charge is 0.335 e. The average molecular weight is 490 g/mol. The lowest BCUT2D eigenvalue weighted by Gasteiger charge is -2.26. The molecule has 3 rings (SSSR count). The largest absolute Gasteiger partial charge is 0.480 e. The number of nitrogens with one attached hydrogen (secondary N) is 1. The zero-order chi connectivity index (χ0) is 20.3. The molecule has 1 saturated heterocycles. The molecule has 0 radical (unpaired) electrons. The molecule has 0 bridgehead atoms. The summed E-state index contributed by atoms with van der Waals surface area (Å²) in [6, 6.07) is 9.04. The van der Waals surface area contributed by atoms with E-state index in [-0.39, 0.29) is 17.9 Å². The van der Waals surface area contributed by atoms with Gasteiger partial charge in [-0.1, -0.05) is 18.1 Å². The summed E-state index contributed by atoms with van der Waals surface area (Å²) in [4.78, 5) is 37.8. The van der Waals surface area contributed by atoms with Gasteiger partial charge >= 0.3 is 6.03 Å². The van der Waals surface area contributed by atoms with Gasteiger partial charge < -0.3 is 4.74 Å². The molecule has 6 nitrogen and oxygen atoms in total. The molecule has 1 N–H and O–H groups in total. The highest BCUT2D eigenvalue weighted by molar-refractivity contribution is 14.1. The van der Waals surface area contributed by atoms with Crippen molar-refractivity contribution >= 4 is 52.2 Å². The van der Waals surface area contributed by atoms with Gasteiger partial charge in [0.2, 0.25) is 0 Å². The molecule has 0 saturated carbocycles. The number of terminal acetylenes is 1. The van der Waals surface area contributed by atoms with Gasteiger partial charge in [-0.05, 0) is 64.6 Å². The molecule has 2 aromatic carbocycles. The van der Waals surface area contributed by atoms with E-state index in [1.165, 1.54) is 24.3 Å². The third-order valence-electron chi connectivity index (χ3n) is 3.75. The first-order valence-electron chi connectivity index (χ1n) is 7.93. The quantitative estimate of drug-likeness (QED) is 0.310. The van der Waals surface area contributed by atoms with Crippen LogP contribution in [0.5, 0.6) is 5.75 Å². The number of carbonyl (C=O) groups excluding carboxylic acids is 3. The Morgan fingerprint density at radius 2 is 2.00 bits per heavy atom. The van der Waals surface area contributed by atoms with Gasteiger partial charge in [-0.15, -0.1) is 6.42 Å². The molecule has 0 atom stereocenters. The van der Waals surface area contributed by atoms with Crippen molar-refractivity contribution in [2.24, 2.45) is 0 Å². The van der Waals surface area contributed by atoms with E-state index in [9.17, 15) is 18.8 Å². The van der Waals surface area contributed by atoms with Crippen LogP contribution < -0.4 is 15.0 Å². The predicted octanol–water partition coefficient (Wildman–Crippen LogP) is 3.11. The summed E-state index contributed by atoms with van der Waals surface area (Å²) in [6.07, 6.45) is 6.52. The number of benzene rings is 2. The number of hydrogen-bond acceptors (Lipinski definition) is 4. The lowest BCUT2D eigenvalue weighted by Crippen LogP contribution is -2.54. The van der Waals surface area contributed by atoms with Crippen LogP contribution in [0.4, 0.5) is 14.9 Å². The molecule has 1 aliphatic heterocycles. The molecule has 2 aromatic rings. The summed E-state index contributed by atoms with van der Waals surface area (Å²) >= 11 is 2.04. The fourth-order valence-electron chi connectivity index (χ4n) is 2.52. The third kappa shape index (κ3) is 4.04. The predicted molar refractivity (Wildman–Crippen MR) is 109 cm³/mol. The van der Waals surface area contributed by atoms with Gasteiger partial charge in [0.1, 0.15) is 23.7 Å². The zero-order valence-electron chi connectivity index (χ0n) is 14.2. The van der Waals surface area contributed by atoms with E-state index in [1.807, 2.05) is 22.6 Å². The second kappa shape index (κ2) is 8.22. The first kappa shape index (κ1) is 19.6. The number of ether oxygens (including phenoxy) is 1. The molecule has 28 heavy (non-hydrogen) atoms. The van der Waals surface area contributed by atoms with Crippen molar-refractivity contribution in [1.82, 2.24) is 5.32 Å². The molecule has 0 spiro atoms. The van der Waals surface area contributed by atoms with Gasteiger partial charge in [-0.25, -0.2) is 14.1 Å². The van der Waals surface area contributed by atoms with Gasteiger partial charge in [0, 0.05) is 0 Å². The van der Waals surface area contributed by atoms with Crippen LogP contribution in [0.15, 0.2) is 48.0 Å². The van der Waals surface area contributed by atoms with Crippen LogP contribution >= 0.6 is 22.6 Å². The SMILES string of the molecule is C#CCOc1ccc(/C=C2\C(=O)NC(=O)N(c3cccc(F)c3)C2=O)cc1I. The van der Waals surface area contributed by atoms with E-state index < -0.39 is 23.7 Å². The van der Waals surface area contributed by atoms with E-state index in [0.29, 0.717) is 16.2 Å². The van der Waals surface area contributed by atoms with Crippen LogP contribution in [0.3, 0.4) is 0 Å². The summed E-state index contributed by atoms with van der Waals surface area (Å²) in [5, 5.41) is 2.09. The Morgan fingerprint density at radius 3 is 2.68 bits per heavy atom. The molecule has 1 heterocycles. The van der Waals surface area contributed by atoms with Crippen molar-refractivity contribution in [1.29, 1.82) is 0 Å². The van der Waals surface area contributed by atoms with Crippen molar-refractivity contribution in [2.75, 3.05) is 11.5 Å². The number of anilines is 1. The first-order valence-corrected chi connectivity index (χ1v) is 9.01. The number of urea groups is 1. The molecule has 0 aliphatic carbocycles. The highest BCUT2D eigenvalue weighted by Gasteiger charge is 2.36. The molecule has 0 unspecified atom stereocenters. The van der Waals surface area contributed by atoms with Crippen LogP contribution in [0.25, 0.3) is 6.08 Å². The number of hydrogen-bond donors (Lipinski definition) is 1. The lowest BCUT2D eigenvalue weighted by molar-refractivity contribution is -0.122. The van der Waals surface area contributed by atoms with Crippen LogP contribution in [0, 0.1) is 21.7 Å². The molecular weight excluding hydrogens is 478 g/mol. The Hall–Kier alpha value is -3.19. The van der Waals surface area contributed by atoms with Crippen molar-refractivity contribution < 1.29 is 23.5 Å². The van der Waals surface area contributed by atoms with Crippen molar-refractivity contribution in [3.8, 4) is 18.1 Å². The number of barbiturate groups is 1. The number of amides is 4. The maximum atomic E-state index is 13.5. The Balaban J connectivity index is 1.95. The van der Waals surface area contributed by atoms with Crippen LogP contribution in [0.2, 0.25) is 0 Å². The number of carbonyl (C=O) groups is 3. The normalized spacial score (nSPS) is 15.4. The van der Waals surface area contributed by atoms with E-state index in [0.717, 1.165) is 9.64 Å². The molecule has 1 aliphatic rings. The monoisotopic (exact) mass is 490 g/mol. The minimum Gasteiger partial charge on any atom is -0.480 e. The van der Waals surface area contributed by atoms with Crippen molar-refractivity contribution in [3.05, 3.63) is 63.0 Å². The molecule has 0 aromatic heterocycles. The summed E-state index contributed by atoms with van der Waals surface area (Å²) in [5.74, 6) is 0.644. The summed E-state index contributed by atoms with van der Waals surface area (Å²) in [6.45, 7) is 0.113. The Bertz CT molecular complexity index is 1060. The van der Waals surface area contributed by atoms with Gasteiger partial charge in [0.05, 0.1) is 9.26 Å². The zero-order valence-corrected chi connectivity index (χ0v) is 16.4. The number of rotatable bonds is 4. The fourth-order valence-corrected chi connectivity index (χ4v) is 3.21. The topological polar surface area (TPSA) is 75.7 Å². The standard InChI is InChI=1S/C20H12FIN2O4/c1-2-8-28-17-7-6-12(10-16(17)22)9-15-18(25)23-20(27)24(19(15)26)14-5-3-4-13(21)11-14/h1,3-7,9-11H,8H2,(H,23,25,27)/b15-9+. The molecule has 4 amide bonds. The van der Waals surface area contributed by atoms with Crippen molar-refractivity contribution in [3.63, 3.8) is 0 Å². The minimum absolute atomic E-state index is 0.0218. The van der Waals surface area contributed by atoms with Crippen LogP contribution in [-0.2, 0) is 9.59 Å². The number of imide groups is 2. The second-order valence-corrected chi connectivity index (χ2v) is 6.78. The van der Waals surface area contributed by atoms with E-state index in [1.54, 1.807) is 18.2 Å². The van der Waals surface area contributed by atoms with E-state index in [2.05, 4.69) is 11.2 Å². The number of halogens is 2. The average Bonchev–Trinajstić information content (AvgIpc) is 2.64. The molecule has 140 valence electrons. The molecular formula is C20H12FIN2O4. The van der Waals surface area contributed by atoms with Gasteiger partial charge in [0.25, 0.3) is 11.8 Å². The maximum absolute atomic E-state index is 13.5. The number of nitrogens with zero attached hydrogens (tertiary/aromatic N) is 1. The second-order valence-electron chi connectivity index (χ2n) is 5.62. The van der Waals surface area contributed by atoms with Crippen molar-refractivity contribution in [2.45, 2.75) is 0 Å². The highest BCUT2D eigenvalue weighted by atomic mass is 127. The summed E-state index contributed by atoms with van der Waals surface area (Å²) in [7, 11) is 0. The van der Waals surface area contributed by atoms with Crippen LogP contribution in [-0.4, -0.2) is 24.5 Å². The summed E-state index contributed by atoms with van der Waals surface area (Å²) in [5.41, 5.74) is 0.315. The first-order chi connectivity index (χ1) is 13.4. The summed E-state index contributed by atoms with van der Waals surface area (Å²) < 4.78 is 19.6. The Morgan fingerprint density at radius 1 is 1.21 bits per heavy atom. The Kier molecular flexibility index (Phi) is 5.75. The van der Waals surface area contributed by atoms with E-state index in [4.69, 9.17) is 11.2 Å². The minimum atomic E-state index is -0.939. The van der Waals surface area contributed by atoms with E-state index >= 15 is 0 Å². The maximum Gasteiger partial charge on any atom is 0.335 e. The fraction of sp³-hybridized carbons (Fsp3) is 0.0500. The van der Waals surface area contributed by atoms with Gasteiger partial charge in [-0.2, -0.15) is 0 Å². The Labute approximate surface area is 173 Å².